The van der Waals surface area contributed by atoms with Gasteiger partial charge in [0.2, 0.25) is 0 Å². The van der Waals surface area contributed by atoms with Crippen LogP contribution >= 0.6 is 0 Å². The topological polar surface area (TPSA) is 0 Å². The molecule has 0 saturated heterocycles. The van der Waals surface area contributed by atoms with Crippen LogP contribution in [0.3, 0.4) is 0 Å². The summed E-state index contributed by atoms with van der Waals surface area (Å²) >= 11 is 0. The van der Waals surface area contributed by atoms with Crippen LogP contribution in [-0.4, -0.2) is 0 Å². The molecular weight excluding hydrogens is 360 g/mol. The highest BCUT2D eigenvalue weighted by Crippen LogP contribution is 2.76. The molecule has 0 heterocycles. The molecule has 5 aliphatic rings. The van der Waals surface area contributed by atoms with Crippen LogP contribution in [0.25, 0.3) is 0 Å². The summed E-state index contributed by atoms with van der Waals surface area (Å²) in [5.74, 6) is 5.74. The fourth-order valence-corrected chi connectivity index (χ4v) is 11.8. The second kappa shape index (κ2) is 6.53. The third kappa shape index (κ3) is 2.58. The van der Waals surface area contributed by atoms with Crippen molar-refractivity contribution in [1.82, 2.24) is 0 Å². The smallest absolute Gasteiger partial charge is 0.0235 e. The molecule has 5 rings (SSSR count). The molecule has 0 bridgehead atoms. The minimum absolute atomic E-state index is 0.560. The molecule has 0 heteroatoms. The van der Waals surface area contributed by atoms with Crippen LogP contribution in [-0.2, 0) is 0 Å². The Bertz CT molecular complexity index is 690. The van der Waals surface area contributed by atoms with Gasteiger partial charge in [0, 0.05) is 0 Å². The second-order valence-corrected chi connectivity index (χ2v) is 15.1. The molecule has 10 atom stereocenters. The summed E-state index contributed by atoms with van der Waals surface area (Å²) in [6.07, 6.45) is 16.6. The molecule has 0 N–H and O–H groups in total. The average Bonchev–Trinajstić information content (AvgIpc) is 2.65. The molecule has 0 aromatic heterocycles. The Morgan fingerprint density at radius 1 is 0.600 bits per heavy atom. The van der Waals surface area contributed by atoms with Gasteiger partial charge in [-0.25, -0.2) is 0 Å². The summed E-state index contributed by atoms with van der Waals surface area (Å²) in [6.45, 7) is 21.5. The van der Waals surface area contributed by atoms with Gasteiger partial charge in [-0.05, 0) is 127 Å². The van der Waals surface area contributed by atoms with Crippen LogP contribution < -0.4 is 0 Å². The zero-order valence-corrected chi connectivity index (χ0v) is 21.7. The van der Waals surface area contributed by atoms with Gasteiger partial charge in [-0.3, -0.25) is 0 Å². The first-order chi connectivity index (χ1) is 13.9. The van der Waals surface area contributed by atoms with Gasteiger partial charge in [-0.2, -0.15) is 0 Å². The van der Waals surface area contributed by atoms with Gasteiger partial charge in [0.1, 0.15) is 0 Å². The summed E-state index contributed by atoms with van der Waals surface area (Å²) in [7, 11) is 0. The van der Waals surface area contributed by atoms with Gasteiger partial charge in [0.15, 0.2) is 0 Å². The summed E-state index contributed by atoms with van der Waals surface area (Å²) in [4.78, 5) is 0. The highest BCUT2D eigenvalue weighted by Gasteiger charge is 2.69. The lowest BCUT2D eigenvalue weighted by molar-refractivity contribution is -0.247. The summed E-state index contributed by atoms with van der Waals surface area (Å²) in [5.41, 5.74) is 2.92. The highest BCUT2D eigenvalue weighted by atomic mass is 14.7. The molecule has 5 saturated carbocycles. The molecule has 5 aliphatic carbocycles. The van der Waals surface area contributed by atoms with E-state index < -0.39 is 0 Å². The molecule has 0 radical (unpaired) electrons. The molecule has 0 aromatic carbocycles. The molecule has 5 fully saturated rings. The number of hydrogen-bond acceptors (Lipinski definition) is 0. The van der Waals surface area contributed by atoms with E-state index in [1.807, 2.05) is 0 Å². The largest absolute Gasteiger partial charge is 0.0622 e. The highest BCUT2D eigenvalue weighted by molar-refractivity contribution is 5.17. The summed E-state index contributed by atoms with van der Waals surface area (Å²) < 4.78 is 0. The Morgan fingerprint density at radius 3 is 2.07 bits per heavy atom. The van der Waals surface area contributed by atoms with Crippen LogP contribution in [0.5, 0.6) is 0 Å². The first-order valence-corrected chi connectivity index (χ1v) is 13.9. The van der Waals surface area contributed by atoms with E-state index in [-0.39, 0.29) is 0 Å². The second-order valence-electron chi connectivity index (χ2n) is 15.1. The number of fused-ring (bicyclic) bond motifs is 7. The minimum Gasteiger partial charge on any atom is -0.0622 e. The zero-order valence-electron chi connectivity index (χ0n) is 21.7. The van der Waals surface area contributed by atoms with Crippen molar-refractivity contribution in [1.29, 1.82) is 0 Å². The standard InChI is InChI=1S/C30H52/c1-20-12-16-27(5)18-19-29(7)22(25(27)21(20)2)10-11-24-28(6)15-9-14-26(3,4)23(28)13-17-30(24,29)8/h20-25H,9-19H2,1-8H3/t20-,21+,22+,23-,24+,25+,27+,28-,29+,30+/m0/s1. The van der Waals surface area contributed by atoms with Gasteiger partial charge in [0.25, 0.3) is 0 Å². The van der Waals surface area contributed by atoms with E-state index in [1.54, 1.807) is 0 Å². The lowest BCUT2D eigenvalue weighted by Gasteiger charge is -2.73. The molecule has 0 aromatic rings. The summed E-state index contributed by atoms with van der Waals surface area (Å²) in [5, 5.41) is 0. The van der Waals surface area contributed by atoms with E-state index in [2.05, 4.69) is 55.4 Å². The third-order valence-electron chi connectivity index (χ3n) is 13.8. The average molecular weight is 413 g/mol. The van der Waals surface area contributed by atoms with E-state index in [0.29, 0.717) is 27.1 Å². The fourth-order valence-electron chi connectivity index (χ4n) is 11.8. The van der Waals surface area contributed by atoms with E-state index in [9.17, 15) is 0 Å². The van der Waals surface area contributed by atoms with Gasteiger partial charge in [-0.15, -0.1) is 0 Å². The molecule has 0 nitrogen and oxygen atoms in total. The van der Waals surface area contributed by atoms with Crippen LogP contribution in [0.4, 0.5) is 0 Å². The van der Waals surface area contributed by atoms with E-state index >= 15 is 0 Å². The maximum atomic E-state index is 2.81. The van der Waals surface area contributed by atoms with Crippen molar-refractivity contribution in [3.05, 3.63) is 0 Å². The van der Waals surface area contributed by atoms with Crippen molar-refractivity contribution in [2.45, 2.75) is 126 Å². The zero-order chi connectivity index (χ0) is 21.7. The van der Waals surface area contributed by atoms with Gasteiger partial charge in [0.05, 0.1) is 0 Å². The van der Waals surface area contributed by atoms with Crippen molar-refractivity contribution in [3.8, 4) is 0 Å². The van der Waals surface area contributed by atoms with Gasteiger partial charge < -0.3 is 0 Å². The molecule has 0 aliphatic heterocycles. The van der Waals surface area contributed by atoms with Crippen LogP contribution in [0.1, 0.15) is 126 Å². The quantitative estimate of drug-likeness (QED) is 0.372. The van der Waals surface area contributed by atoms with Crippen molar-refractivity contribution in [2.24, 2.45) is 62.6 Å². The van der Waals surface area contributed by atoms with Crippen LogP contribution in [0, 0.1) is 62.6 Å². The maximum absolute atomic E-state index is 2.81. The Balaban J connectivity index is 1.54. The molecule has 0 unspecified atom stereocenters. The van der Waals surface area contributed by atoms with Crippen molar-refractivity contribution >= 4 is 0 Å². The van der Waals surface area contributed by atoms with Crippen LogP contribution in [0.15, 0.2) is 0 Å². The van der Waals surface area contributed by atoms with Gasteiger partial charge in [-0.1, -0.05) is 61.8 Å². The van der Waals surface area contributed by atoms with E-state index in [1.165, 1.54) is 70.6 Å². The molecular formula is C30H52. The molecule has 0 amide bonds. The molecule has 172 valence electrons. The van der Waals surface area contributed by atoms with Crippen molar-refractivity contribution in [2.75, 3.05) is 0 Å². The SMILES string of the molecule is C[C@H]1[C@@H]2[C@H]3CC[C@@H]4[C@@]5(C)CCCC(C)(C)[C@@H]5CC[C@@]4(C)[C@]3(C)CC[C@@]2(C)CC[C@@H]1C. The van der Waals surface area contributed by atoms with E-state index in [0.717, 1.165) is 35.5 Å². The number of rotatable bonds is 0. The van der Waals surface area contributed by atoms with Crippen LogP contribution in [0.2, 0.25) is 0 Å². The Hall–Kier alpha value is 0. The number of hydrogen-bond donors (Lipinski definition) is 0. The fraction of sp³-hybridized carbons (Fsp3) is 1.00. The maximum Gasteiger partial charge on any atom is -0.0235 e. The minimum atomic E-state index is 0.560. The third-order valence-corrected chi connectivity index (χ3v) is 13.8. The van der Waals surface area contributed by atoms with Crippen molar-refractivity contribution in [3.63, 3.8) is 0 Å². The Labute approximate surface area is 188 Å². The predicted molar refractivity (Wildman–Crippen MR) is 129 cm³/mol. The first kappa shape index (κ1) is 21.8. The Kier molecular flexibility index (Phi) is 4.75. The van der Waals surface area contributed by atoms with Crippen molar-refractivity contribution < 1.29 is 0 Å². The molecule has 30 heavy (non-hydrogen) atoms. The molecule has 0 spiro atoms. The monoisotopic (exact) mass is 412 g/mol. The lowest BCUT2D eigenvalue weighted by Crippen LogP contribution is -2.66. The Morgan fingerprint density at radius 2 is 1.33 bits per heavy atom. The predicted octanol–water partition coefficient (Wildman–Crippen LogP) is 9.13. The lowest BCUT2D eigenvalue weighted by atomic mass is 9.31. The normalized spacial score (nSPS) is 60.0. The van der Waals surface area contributed by atoms with Gasteiger partial charge >= 0.3 is 0 Å². The van der Waals surface area contributed by atoms with E-state index in [4.69, 9.17) is 0 Å². The first-order valence-electron chi connectivity index (χ1n) is 13.9. The summed E-state index contributed by atoms with van der Waals surface area (Å²) in [6, 6.07) is 0.